The standard InChI is InChI=1S/C16H21NO5/c1-3-7-13(18)10-14(15(19)21-2)17-16(20)22-11-12-8-5-4-6-9-12/h4-6,8-9,14H,3,7,10-11H2,1-2H3,(H,17,20). The van der Waals surface area contributed by atoms with Gasteiger partial charge in [-0.3, -0.25) is 4.79 Å². The van der Waals surface area contributed by atoms with Gasteiger partial charge in [0.05, 0.1) is 7.11 Å². The lowest BCUT2D eigenvalue weighted by Crippen LogP contribution is -2.43. The van der Waals surface area contributed by atoms with Crippen molar-refractivity contribution in [2.24, 2.45) is 0 Å². The number of nitrogens with one attached hydrogen (secondary N) is 1. The first kappa shape index (κ1) is 17.7. The van der Waals surface area contributed by atoms with Crippen LogP contribution in [0.25, 0.3) is 0 Å². The second-order valence-corrected chi connectivity index (χ2v) is 4.77. The summed E-state index contributed by atoms with van der Waals surface area (Å²) in [5.74, 6) is -0.776. The molecule has 0 aliphatic carbocycles. The lowest BCUT2D eigenvalue weighted by atomic mass is 10.1. The number of benzene rings is 1. The summed E-state index contributed by atoms with van der Waals surface area (Å²) >= 11 is 0. The molecule has 0 radical (unpaired) electrons. The molecule has 0 fully saturated rings. The van der Waals surface area contributed by atoms with Gasteiger partial charge in [0.1, 0.15) is 18.4 Å². The number of methoxy groups -OCH3 is 1. The Labute approximate surface area is 129 Å². The average molecular weight is 307 g/mol. The monoisotopic (exact) mass is 307 g/mol. The van der Waals surface area contributed by atoms with Gasteiger partial charge in [0.25, 0.3) is 0 Å². The molecular formula is C16H21NO5. The number of carbonyl (C=O) groups is 3. The molecule has 0 aliphatic heterocycles. The minimum absolute atomic E-state index is 0.0868. The zero-order valence-corrected chi connectivity index (χ0v) is 12.8. The smallest absolute Gasteiger partial charge is 0.408 e. The van der Waals surface area contributed by atoms with Crippen LogP contribution in [0.15, 0.2) is 30.3 Å². The summed E-state index contributed by atoms with van der Waals surface area (Å²) < 4.78 is 9.62. The fourth-order valence-corrected chi connectivity index (χ4v) is 1.85. The fourth-order valence-electron chi connectivity index (χ4n) is 1.85. The molecule has 0 aliphatic rings. The van der Waals surface area contributed by atoms with Crippen LogP contribution in [-0.4, -0.2) is 31.0 Å². The van der Waals surface area contributed by atoms with Crippen LogP contribution in [0.2, 0.25) is 0 Å². The third-order valence-electron chi connectivity index (χ3n) is 2.95. The summed E-state index contributed by atoms with van der Waals surface area (Å²) in [7, 11) is 1.20. The van der Waals surface area contributed by atoms with Crippen molar-refractivity contribution in [2.45, 2.75) is 38.8 Å². The van der Waals surface area contributed by atoms with Crippen LogP contribution in [0.1, 0.15) is 31.7 Å². The topological polar surface area (TPSA) is 81.7 Å². The molecule has 0 aromatic heterocycles. The number of alkyl carbamates (subject to hydrolysis) is 1. The molecule has 1 amide bonds. The Morgan fingerprint density at radius 3 is 2.45 bits per heavy atom. The molecule has 6 heteroatoms. The van der Waals surface area contributed by atoms with Crippen LogP contribution in [0.5, 0.6) is 0 Å². The van der Waals surface area contributed by atoms with E-state index in [1.165, 1.54) is 7.11 Å². The van der Waals surface area contributed by atoms with Gasteiger partial charge < -0.3 is 14.8 Å². The Kier molecular flexibility index (Phi) is 7.67. The van der Waals surface area contributed by atoms with Crippen LogP contribution < -0.4 is 5.32 Å². The molecule has 6 nitrogen and oxygen atoms in total. The number of hydrogen-bond acceptors (Lipinski definition) is 5. The van der Waals surface area contributed by atoms with Gasteiger partial charge >= 0.3 is 12.1 Å². The number of rotatable bonds is 8. The van der Waals surface area contributed by atoms with E-state index >= 15 is 0 Å². The summed E-state index contributed by atoms with van der Waals surface area (Å²) in [4.78, 5) is 35.0. The molecular weight excluding hydrogens is 286 g/mol. The molecule has 1 aromatic rings. The molecule has 1 rings (SSSR count). The van der Waals surface area contributed by atoms with Gasteiger partial charge in [-0.05, 0) is 12.0 Å². The zero-order chi connectivity index (χ0) is 16.4. The van der Waals surface area contributed by atoms with E-state index in [0.717, 1.165) is 5.56 Å². The highest BCUT2D eigenvalue weighted by Gasteiger charge is 2.24. The molecule has 1 unspecified atom stereocenters. The zero-order valence-electron chi connectivity index (χ0n) is 12.8. The average Bonchev–Trinajstić information content (AvgIpc) is 2.52. The first-order chi connectivity index (χ1) is 10.6. The molecule has 22 heavy (non-hydrogen) atoms. The van der Waals surface area contributed by atoms with E-state index in [0.29, 0.717) is 12.8 Å². The van der Waals surface area contributed by atoms with Crippen molar-refractivity contribution >= 4 is 17.8 Å². The molecule has 0 spiro atoms. The summed E-state index contributed by atoms with van der Waals surface area (Å²) in [6, 6.07) is 8.13. The number of carbonyl (C=O) groups excluding carboxylic acids is 3. The molecule has 0 heterocycles. The first-order valence-electron chi connectivity index (χ1n) is 7.13. The third-order valence-corrected chi connectivity index (χ3v) is 2.95. The van der Waals surface area contributed by atoms with Crippen LogP contribution in [0.3, 0.4) is 0 Å². The highest BCUT2D eigenvalue weighted by atomic mass is 16.6. The van der Waals surface area contributed by atoms with Crippen molar-refractivity contribution in [1.29, 1.82) is 0 Å². The molecule has 120 valence electrons. The van der Waals surface area contributed by atoms with E-state index in [2.05, 4.69) is 10.1 Å². The second kappa shape index (κ2) is 9.55. The highest BCUT2D eigenvalue weighted by Crippen LogP contribution is 2.04. The van der Waals surface area contributed by atoms with Crippen molar-refractivity contribution in [1.82, 2.24) is 5.32 Å². The van der Waals surface area contributed by atoms with Gasteiger partial charge in [0.2, 0.25) is 0 Å². The van der Waals surface area contributed by atoms with Crippen LogP contribution >= 0.6 is 0 Å². The van der Waals surface area contributed by atoms with E-state index in [9.17, 15) is 14.4 Å². The number of ether oxygens (including phenoxy) is 2. The maximum absolute atomic E-state index is 11.7. The Hall–Kier alpha value is -2.37. The molecule has 1 N–H and O–H groups in total. The Morgan fingerprint density at radius 2 is 1.86 bits per heavy atom. The molecule has 1 aromatic carbocycles. The van der Waals surface area contributed by atoms with E-state index in [4.69, 9.17) is 4.74 Å². The van der Waals surface area contributed by atoms with Crippen LogP contribution in [0, 0.1) is 0 Å². The molecule has 0 saturated carbocycles. The first-order valence-corrected chi connectivity index (χ1v) is 7.13. The van der Waals surface area contributed by atoms with Crippen molar-refractivity contribution in [3.63, 3.8) is 0 Å². The van der Waals surface area contributed by atoms with E-state index in [1.807, 2.05) is 37.3 Å². The van der Waals surface area contributed by atoms with E-state index in [1.54, 1.807) is 0 Å². The molecule has 0 saturated heterocycles. The van der Waals surface area contributed by atoms with Crippen molar-refractivity contribution < 1.29 is 23.9 Å². The molecule has 0 bridgehead atoms. The Morgan fingerprint density at radius 1 is 1.18 bits per heavy atom. The maximum Gasteiger partial charge on any atom is 0.408 e. The van der Waals surface area contributed by atoms with E-state index in [-0.39, 0.29) is 18.8 Å². The summed E-state index contributed by atoms with van der Waals surface area (Å²) in [6.45, 7) is 1.95. The lowest BCUT2D eigenvalue weighted by molar-refractivity contribution is -0.144. The van der Waals surface area contributed by atoms with Crippen molar-refractivity contribution in [2.75, 3.05) is 7.11 Å². The van der Waals surface area contributed by atoms with Crippen LogP contribution in [0.4, 0.5) is 4.79 Å². The number of hydrogen-bond donors (Lipinski definition) is 1. The number of amides is 1. The summed E-state index contributed by atoms with van der Waals surface area (Å²) in [5, 5.41) is 2.37. The summed E-state index contributed by atoms with van der Waals surface area (Å²) in [5.41, 5.74) is 0.828. The third kappa shape index (κ3) is 6.39. The van der Waals surface area contributed by atoms with Crippen molar-refractivity contribution in [3.8, 4) is 0 Å². The minimum atomic E-state index is -1.02. The number of Topliss-reactive ketones (excluding diaryl/α,β-unsaturated/α-hetero) is 1. The largest absolute Gasteiger partial charge is 0.467 e. The minimum Gasteiger partial charge on any atom is -0.467 e. The quantitative estimate of drug-likeness (QED) is 0.745. The number of esters is 1. The van der Waals surface area contributed by atoms with E-state index < -0.39 is 18.1 Å². The Balaban J connectivity index is 2.51. The van der Waals surface area contributed by atoms with Gasteiger partial charge in [-0.25, -0.2) is 9.59 Å². The van der Waals surface area contributed by atoms with Gasteiger partial charge in [-0.15, -0.1) is 0 Å². The maximum atomic E-state index is 11.7. The second-order valence-electron chi connectivity index (χ2n) is 4.77. The van der Waals surface area contributed by atoms with Gasteiger partial charge in [-0.2, -0.15) is 0 Å². The Bertz CT molecular complexity index is 501. The number of ketones is 1. The van der Waals surface area contributed by atoms with Gasteiger partial charge in [-0.1, -0.05) is 37.3 Å². The lowest BCUT2D eigenvalue weighted by Gasteiger charge is -2.15. The predicted molar refractivity (Wildman–Crippen MR) is 80.1 cm³/mol. The normalized spacial score (nSPS) is 11.4. The van der Waals surface area contributed by atoms with Crippen molar-refractivity contribution in [3.05, 3.63) is 35.9 Å². The van der Waals surface area contributed by atoms with Gasteiger partial charge in [0, 0.05) is 12.8 Å². The highest BCUT2D eigenvalue weighted by molar-refractivity contribution is 5.88. The SMILES string of the molecule is CCCC(=O)CC(NC(=O)OCc1ccccc1)C(=O)OC. The predicted octanol–water partition coefficient (Wildman–Crippen LogP) is 2.21. The molecule has 1 atom stereocenters. The van der Waals surface area contributed by atoms with Gasteiger partial charge in [0.15, 0.2) is 0 Å². The summed E-state index contributed by atoms with van der Waals surface area (Å²) in [6.07, 6.45) is 0.184. The fraction of sp³-hybridized carbons (Fsp3) is 0.438. The van der Waals surface area contributed by atoms with Crippen LogP contribution in [-0.2, 0) is 25.7 Å².